The van der Waals surface area contributed by atoms with Gasteiger partial charge in [0.15, 0.2) is 0 Å². The number of carbonyl (C=O) groups is 1. The van der Waals surface area contributed by atoms with Crippen LogP contribution in [0.4, 0.5) is 0 Å². The third-order valence-electron chi connectivity index (χ3n) is 5.47. The lowest BCUT2D eigenvalue weighted by molar-refractivity contribution is 0.0532. The van der Waals surface area contributed by atoms with Gasteiger partial charge < -0.3 is 15.5 Å². The second-order valence-corrected chi connectivity index (χ2v) is 8.38. The summed E-state index contributed by atoms with van der Waals surface area (Å²) in [5.41, 5.74) is -1.09. The maximum atomic E-state index is 12.8. The van der Waals surface area contributed by atoms with E-state index in [9.17, 15) is 24.6 Å². The molecule has 1 aromatic heterocycles. The van der Waals surface area contributed by atoms with Gasteiger partial charge in [-0.25, -0.2) is 4.79 Å². The molecule has 3 rings (SSSR count). The molecule has 2 unspecified atom stereocenters. The van der Waals surface area contributed by atoms with E-state index in [0.29, 0.717) is 0 Å². The molecule has 2 aromatic rings. The summed E-state index contributed by atoms with van der Waals surface area (Å²) >= 11 is 6.20. The normalized spacial score (nSPS) is 17.0. The van der Waals surface area contributed by atoms with Gasteiger partial charge in [0, 0.05) is 5.92 Å². The van der Waals surface area contributed by atoms with Crippen LogP contribution >= 0.6 is 11.6 Å². The molecule has 2 atom stereocenters. The number of carbonyl (C=O) groups excluding carboxylic acids is 1. The van der Waals surface area contributed by atoms with Crippen molar-refractivity contribution in [3.63, 3.8) is 0 Å². The summed E-state index contributed by atoms with van der Waals surface area (Å²) in [6.07, 6.45) is 5.06. The zero-order valence-corrected chi connectivity index (χ0v) is 18.1. The Labute approximate surface area is 184 Å². The van der Waals surface area contributed by atoms with Gasteiger partial charge in [-0.05, 0) is 38.0 Å². The van der Waals surface area contributed by atoms with Gasteiger partial charge in [0.25, 0.3) is 11.5 Å². The van der Waals surface area contributed by atoms with Crippen LogP contribution in [0.2, 0.25) is 5.02 Å². The first kappa shape index (κ1) is 23.2. The Morgan fingerprint density at radius 1 is 1.23 bits per heavy atom. The SMILES string of the molecule is CC(O)Cn1c(=O)cnn(-c2ccc(Cl)c(C(=O)NC(O)C3CCCCCC3)c2)c1=O. The fraction of sp³-hybridized carbons (Fsp3) is 0.524. The first-order valence-electron chi connectivity index (χ1n) is 10.4. The number of rotatable bonds is 6. The van der Waals surface area contributed by atoms with Gasteiger partial charge in [-0.3, -0.25) is 14.2 Å². The van der Waals surface area contributed by atoms with Crippen molar-refractivity contribution in [1.82, 2.24) is 19.7 Å². The minimum atomic E-state index is -0.987. The van der Waals surface area contributed by atoms with Gasteiger partial charge in [0.05, 0.1) is 28.9 Å². The molecule has 1 fully saturated rings. The highest BCUT2D eigenvalue weighted by molar-refractivity contribution is 6.33. The molecule has 10 heteroatoms. The monoisotopic (exact) mass is 450 g/mol. The average Bonchev–Trinajstić information content (AvgIpc) is 3.01. The Balaban J connectivity index is 1.87. The van der Waals surface area contributed by atoms with Crippen molar-refractivity contribution in [2.75, 3.05) is 0 Å². The van der Waals surface area contributed by atoms with Crippen molar-refractivity contribution in [2.24, 2.45) is 5.92 Å². The van der Waals surface area contributed by atoms with Crippen LogP contribution < -0.4 is 16.6 Å². The summed E-state index contributed by atoms with van der Waals surface area (Å²) < 4.78 is 1.82. The molecule has 3 N–H and O–H groups in total. The summed E-state index contributed by atoms with van der Waals surface area (Å²) in [6, 6.07) is 4.32. The molecule has 1 aliphatic rings. The minimum absolute atomic E-state index is 0.0123. The Hall–Kier alpha value is -2.49. The zero-order chi connectivity index (χ0) is 22.5. The van der Waals surface area contributed by atoms with Crippen molar-refractivity contribution in [3.8, 4) is 5.69 Å². The lowest BCUT2D eigenvalue weighted by Gasteiger charge is -2.22. The lowest BCUT2D eigenvalue weighted by atomic mass is 9.98. The average molecular weight is 451 g/mol. The fourth-order valence-corrected chi connectivity index (χ4v) is 4.02. The Morgan fingerprint density at radius 3 is 2.55 bits per heavy atom. The third-order valence-corrected chi connectivity index (χ3v) is 5.80. The maximum Gasteiger partial charge on any atom is 0.352 e. The molecule has 0 radical (unpaired) electrons. The fourth-order valence-electron chi connectivity index (χ4n) is 3.82. The van der Waals surface area contributed by atoms with E-state index in [4.69, 9.17) is 11.6 Å². The number of halogens is 1. The molecular formula is C21H27ClN4O5. The van der Waals surface area contributed by atoms with Gasteiger partial charge in [0.1, 0.15) is 12.4 Å². The number of nitrogens with one attached hydrogen (secondary N) is 1. The predicted molar refractivity (Wildman–Crippen MR) is 115 cm³/mol. The summed E-state index contributed by atoms with van der Waals surface area (Å²) in [5, 5.41) is 26.7. The van der Waals surface area contributed by atoms with E-state index in [1.165, 1.54) is 25.1 Å². The van der Waals surface area contributed by atoms with E-state index in [2.05, 4.69) is 10.4 Å². The van der Waals surface area contributed by atoms with Crippen molar-refractivity contribution < 1.29 is 15.0 Å². The second kappa shape index (κ2) is 10.2. The summed E-state index contributed by atoms with van der Waals surface area (Å²) in [5.74, 6) is -0.573. The molecule has 0 saturated heterocycles. The molecule has 1 aromatic carbocycles. The minimum Gasteiger partial charge on any atom is -0.392 e. The highest BCUT2D eigenvalue weighted by Gasteiger charge is 2.24. The van der Waals surface area contributed by atoms with Crippen LogP contribution in [0.25, 0.3) is 5.69 Å². The molecule has 0 spiro atoms. The molecule has 0 aliphatic heterocycles. The van der Waals surface area contributed by atoms with E-state index in [0.717, 1.165) is 54.0 Å². The number of amides is 1. The Morgan fingerprint density at radius 2 is 1.90 bits per heavy atom. The van der Waals surface area contributed by atoms with Crippen molar-refractivity contribution in [1.29, 1.82) is 0 Å². The number of aliphatic hydroxyl groups excluding tert-OH is 2. The van der Waals surface area contributed by atoms with Gasteiger partial charge >= 0.3 is 5.69 Å². The second-order valence-electron chi connectivity index (χ2n) is 7.97. The predicted octanol–water partition coefficient (Wildman–Crippen LogP) is 1.45. The molecule has 1 amide bonds. The van der Waals surface area contributed by atoms with Crippen LogP contribution in [-0.2, 0) is 6.54 Å². The smallest absolute Gasteiger partial charge is 0.352 e. The van der Waals surface area contributed by atoms with Crippen molar-refractivity contribution in [3.05, 3.63) is 55.8 Å². The molecule has 9 nitrogen and oxygen atoms in total. The molecular weight excluding hydrogens is 424 g/mol. The summed E-state index contributed by atoms with van der Waals surface area (Å²) in [4.78, 5) is 37.4. The van der Waals surface area contributed by atoms with Crippen LogP contribution in [0.3, 0.4) is 0 Å². The molecule has 1 saturated carbocycles. The van der Waals surface area contributed by atoms with E-state index < -0.39 is 29.5 Å². The first-order chi connectivity index (χ1) is 14.8. The van der Waals surface area contributed by atoms with Gasteiger partial charge in [-0.2, -0.15) is 9.78 Å². The molecule has 168 valence electrons. The molecule has 1 heterocycles. The van der Waals surface area contributed by atoms with Crippen LogP contribution in [0.1, 0.15) is 55.8 Å². The Kier molecular flexibility index (Phi) is 7.64. The van der Waals surface area contributed by atoms with Gasteiger partial charge in [0.2, 0.25) is 0 Å². The quantitative estimate of drug-likeness (QED) is 0.451. The molecule has 0 bridgehead atoms. The number of hydrogen-bond acceptors (Lipinski definition) is 6. The number of benzene rings is 1. The summed E-state index contributed by atoms with van der Waals surface area (Å²) in [6.45, 7) is 1.27. The third kappa shape index (κ3) is 5.61. The van der Waals surface area contributed by atoms with E-state index in [-0.39, 0.29) is 28.7 Å². The maximum absolute atomic E-state index is 12.8. The van der Waals surface area contributed by atoms with Crippen LogP contribution in [0, 0.1) is 5.92 Å². The number of hydrogen-bond donors (Lipinski definition) is 3. The first-order valence-corrected chi connectivity index (χ1v) is 10.8. The van der Waals surface area contributed by atoms with E-state index in [1.807, 2.05) is 0 Å². The van der Waals surface area contributed by atoms with E-state index in [1.54, 1.807) is 0 Å². The number of aliphatic hydroxyl groups is 2. The van der Waals surface area contributed by atoms with Crippen LogP contribution in [-0.4, -0.2) is 42.8 Å². The summed E-state index contributed by atoms with van der Waals surface area (Å²) in [7, 11) is 0. The largest absolute Gasteiger partial charge is 0.392 e. The number of aromatic nitrogens is 3. The Bertz CT molecular complexity index is 1040. The van der Waals surface area contributed by atoms with Gasteiger partial charge in [-0.1, -0.05) is 37.3 Å². The molecule has 1 aliphatic carbocycles. The van der Waals surface area contributed by atoms with Gasteiger partial charge in [-0.15, -0.1) is 0 Å². The standard InChI is InChI=1S/C21H27ClN4O5/c1-13(27)12-25-18(28)11-23-26(21(25)31)15-8-9-17(22)16(10-15)20(30)24-19(29)14-6-4-2-3-5-7-14/h8-11,13-14,19,27,29H,2-7,12H2,1H3,(H,24,30). The van der Waals surface area contributed by atoms with Crippen LogP contribution in [0.5, 0.6) is 0 Å². The van der Waals surface area contributed by atoms with Crippen molar-refractivity contribution in [2.45, 2.75) is 64.3 Å². The topological polar surface area (TPSA) is 126 Å². The van der Waals surface area contributed by atoms with Crippen LogP contribution in [0.15, 0.2) is 34.0 Å². The van der Waals surface area contributed by atoms with E-state index >= 15 is 0 Å². The lowest BCUT2D eigenvalue weighted by Crippen LogP contribution is -2.42. The molecule has 31 heavy (non-hydrogen) atoms. The number of nitrogens with zero attached hydrogens (tertiary/aromatic N) is 3. The highest BCUT2D eigenvalue weighted by atomic mass is 35.5. The zero-order valence-electron chi connectivity index (χ0n) is 17.3. The van der Waals surface area contributed by atoms with Crippen molar-refractivity contribution >= 4 is 17.5 Å². The highest BCUT2D eigenvalue weighted by Crippen LogP contribution is 2.25.